The molecule has 0 aromatic heterocycles. The molecule has 10 nitrogen and oxygen atoms in total. The number of carbonyl (C=O) groups is 5. The van der Waals surface area contributed by atoms with E-state index >= 15 is 24.0 Å². The van der Waals surface area contributed by atoms with Gasteiger partial charge >= 0.3 is 41.4 Å². The zero-order chi connectivity index (χ0) is 79.1. The molecule has 4 bridgehead atoms. The summed E-state index contributed by atoms with van der Waals surface area (Å²) in [7, 11) is 0. The molecule has 2 atom stereocenters. The Morgan fingerprint density at radius 1 is 0.309 bits per heavy atom. The van der Waals surface area contributed by atoms with Gasteiger partial charge in [-0.3, -0.25) is 19.2 Å². The largest absolute Gasteiger partial charge is 0.459 e. The van der Waals surface area contributed by atoms with Crippen LogP contribution in [0.1, 0.15) is 531 Å². The normalized spacial score (nSPS) is 23.1. The van der Waals surface area contributed by atoms with Gasteiger partial charge in [-0.15, -0.1) is 0 Å². The van der Waals surface area contributed by atoms with E-state index in [9.17, 15) is 0 Å². The maximum Gasteiger partial charge on any atom is 0.436 e. The van der Waals surface area contributed by atoms with Crippen molar-refractivity contribution in [3.8, 4) is 0 Å². The summed E-state index contributed by atoms with van der Waals surface area (Å²) in [6.45, 7) is 20.9. The number of hydrogen-bond donors (Lipinski definition) is 0. The van der Waals surface area contributed by atoms with Crippen molar-refractivity contribution in [3.63, 3.8) is 0 Å². The molecule has 9 aliphatic rings. The molecule has 0 aromatic carbocycles. The second-order valence-electron chi connectivity index (χ2n) is 40.3. The highest BCUT2D eigenvalue weighted by molar-refractivity contribution is 5.89. The SMILES string of the molecule is CCCCCCCCCCCC1CC23CC1(C2)C1(C3)CC23COC(=O)C(OC(=O)CCCCCCCCCCCCCCC(C)C)(OC(=O)CCCCCCCCCCCCCCC(C)C)C(OC(=O)CCCCCCCCCCCCCCC(C)C)(OC(=O)CCCCCCCCCCCCCCC(C)C)C1(C2)C3. The molecule has 110 heavy (non-hydrogen) atoms. The average molecular weight is 1540 g/mol. The van der Waals surface area contributed by atoms with Crippen molar-refractivity contribution in [2.45, 2.75) is 543 Å². The summed E-state index contributed by atoms with van der Waals surface area (Å²) in [6, 6.07) is 0. The van der Waals surface area contributed by atoms with Gasteiger partial charge < -0.3 is 23.7 Å². The fourth-order valence-electron chi connectivity index (χ4n) is 22.9. The number of unbranched alkanes of at least 4 members (excludes halogenated alkanes) is 52. The van der Waals surface area contributed by atoms with Gasteiger partial charge in [-0.2, -0.15) is 0 Å². The topological polar surface area (TPSA) is 132 Å². The zero-order valence-corrected chi connectivity index (χ0v) is 74.3. The van der Waals surface area contributed by atoms with Gasteiger partial charge in [0.15, 0.2) is 0 Å². The van der Waals surface area contributed by atoms with Crippen molar-refractivity contribution in [1.82, 2.24) is 0 Å². The fraction of sp³-hybridized carbons (Fsp3) is 0.950. The highest BCUT2D eigenvalue weighted by atomic mass is 16.8. The first-order valence-electron chi connectivity index (χ1n) is 49.3. The van der Waals surface area contributed by atoms with Crippen molar-refractivity contribution in [2.75, 3.05) is 6.61 Å². The van der Waals surface area contributed by atoms with E-state index in [-0.39, 0.29) is 43.1 Å². The van der Waals surface area contributed by atoms with E-state index in [1.165, 1.54) is 276 Å². The lowest BCUT2D eigenvalue weighted by Gasteiger charge is -2.65. The van der Waals surface area contributed by atoms with Crippen LogP contribution in [0.4, 0.5) is 0 Å². The van der Waals surface area contributed by atoms with Crippen LogP contribution in [0, 0.1) is 56.7 Å². The summed E-state index contributed by atoms with van der Waals surface area (Å²) in [5.74, 6) is -5.81. The molecule has 9 fully saturated rings. The van der Waals surface area contributed by atoms with Crippen molar-refractivity contribution in [2.24, 2.45) is 56.7 Å². The molecule has 8 saturated carbocycles. The number of esters is 5. The van der Waals surface area contributed by atoms with E-state index in [1.807, 2.05) is 0 Å². The van der Waals surface area contributed by atoms with E-state index in [1.54, 1.807) is 0 Å². The Balaban J connectivity index is 1.27. The lowest BCUT2D eigenvalue weighted by atomic mass is 9.44. The molecule has 1 spiro atoms. The van der Waals surface area contributed by atoms with Crippen LogP contribution in [-0.4, -0.2) is 48.0 Å². The van der Waals surface area contributed by atoms with Crippen LogP contribution in [0.3, 0.4) is 0 Å². The number of fused-ring (bicyclic) bond motifs is 1. The van der Waals surface area contributed by atoms with E-state index in [0.717, 1.165) is 152 Å². The first-order chi connectivity index (χ1) is 53.3. The number of cyclic esters (lactones) is 1. The molecule has 2 unspecified atom stereocenters. The molecule has 0 radical (unpaired) electrons. The van der Waals surface area contributed by atoms with Gasteiger partial charge in [-0.05, 0) is 123 Å². The van der Waals surface area contributed by atoms with E-state index in [2.05, 4.69) is 62.3 Å². The second-order valence-corrected chi connectivity index (χ2v) is 40.3. The number of carbonyl (C=O) groups excluding carboxylic acids is 5. The van der Waals surface area contributed by atoms with Gasteiger partial charge in [0.25, 0.3) is 0 Å². The number of ether oxygens (including phenoxy) is 5. The molecule has 640 valence electrons. The highest BCUT2D eigenvalue weighted by Gasteiger charge is 2.98. The molecule has 0 N–H and O–H groups in total. The van der Waals surface area contributed by atoms with Crippen LogP contribution < -0.4 is 0 Å². The van der Waals surface area contributed by atoms with Crippen LogP contribution in [0.25, 0.3) is 0 Å². The molecular formula is C100H180O10. The van der Waals surface area contributed by atoms with E-state index < -0.39 is 57.7 Å². The lowest BCUT2D eigenvalue weighted by Crippen LogP contribution is -2.79. The van der Waals surface area contributed by atoms with Crippen LogP contribution in [0.15, 0.2) is 0 Å². The minimum Gasteiger partial charge on any atom is -0.459 e. The van der Waals surface area contributed by atoms with Gasteiger partial charge in [0.05, 0.1) is 12.0 Å². The quantitative estimate of drug-likeness (QED) is 0.0251. The fourth-order valence-corrected chi connectivity index (χ4v) is 22.9. The number of rotatable bonds is 74. The summed E-state index contributed by atoms with van der Waals surface area (Å²) in [5, 5.41) is 0. The van der Waals surface area contributed by atoms with Gasteiger partial charge in [-0.1, -0.05) is 428 Å². The molecular weight excluding hydrogens is 1360 g/mol. The van der Waals surface area contributed by atoms with Gasteiger partial charge in [0.1, 0.15) is 0 Å². The summed E-state index contributed by atoms with van der Waals surface area (Å²) in [6.07, 6.45) is 78.4. The van der Waals surface area contributed by atoms with Crippen LogP contribution >= 0.6 is 0 Å². The molecule has 8 aliphatic carbocycles. The van der Waals surface area contributed by atoms with Crippen molar-refractivity contribution >= 4 is 29.8 Å². The molecule has 10 heteroatoms. The molecule has 0 amide bonds. The minimum atomic E-state index is -3.02. The minimum absolute atomic E-state index is 0.0306. The Bertz CT molecular complexity index is 2340. The van der Waals surface area contributed by atoms with Crippen molar-refractivity contribution in [1.29, 1.82) is 0 Å². The molecule has 1 heterocycles. The van der Waals surface area contributed by atoms with Crippen LogP contribution in [0.2, 0.25) is 0 Å². The first-order valence-corrected chi connectivity index (χ1v) is 49.3. The Hall–Kier alpha value is -2.65. The standard InChI is InChI=1S/C100H180O10/c1-10-11-12-13-14-31-44-53-62-71-88-76-94-77-96(88,78-94)97(79-94)80-95-81-98(97,82-95)100(109-91(103)74-65-56-47-38-29-21-17-25-34-42-51-60-69-86(6)7,110-92(104)75-66-57-48-39-30-22-18-26-35-43-52-61-70-87(8)9)99(93(105)106-83-95,107-89(101)72-63-54-45-36-27-19-15-23-32-40-49-58-67-84(2)3)108-90(102)73-64-55-46-37-28-20-16-24-33-41-50-59-68-85(4)5/h84-88H,10-83H2,1-9H3. The van der Waals surface area contributed by atoms with E-state index in [0.29, 0.717) is 44.4 Å². The average Bonchev–Trinajstić information content (AvgIpc) is 1.42. The third-order valence-corrected chi connectivity index (χ3v) is 28.6. The van der Waals surface area contributed by atoms with Gasteiger partial charge in [0.2, 0.25) is 0 Å². The molecule has 9 rings (SSSR count). The van der Waals surface area contributed by atoms with Crippen molar-refractivity contribution in [3.05, 3.63) is 0 Å². The Kier molecular flexibility index (Phi) is 46.9. The lowest BCUT2D eigenvalue weighted by molar-refractivity contribution is -0.422. The summed E-state index contributed by atoms with van der Waals surface area (Å²) in [5.41, 5.74) is -2.27. The molecule has 1 aliphatic heterocycles. The predicted molar refractivity (Wildman–Crippen MR) is 459 cm³/mol. The molecule has 0 aromatic rings. The Morgan fingerprint density at radius 2 is 0.555 bits per heavy atom. The monoisotopic (exact) mass is 1540 g/mol. The van der Waals surface area contributed by atoms with Crippen LogP contribution in [-0.2, 0) is 47.7 Å². The summed E-state index contributed by atoms with van der Waals surface area (Å²) >= 11 is 0. The second kappa shape index (κ2) is 53.6. The maximum atomic E-state index is 16.3. The Morgan fingerprint density at radius 3 is 0.836 bits per heavy atom. The first kappa shape index (κ1) is 96.2. The third-order valence-electron chi connectivity index (χ3n) is 28.6. The zero-order valence-electron chi connectivity index (χ0n) is 74.3. The van der Waals surface area contributed by atoms with E-state index in [4.69, 9.17) is 23.7 Å². The third kappa shape index (κ3) is 31.3. The summed E-state index contributed by atoms with van der Waals surface area (Å²) < 4.78 is 35.2. The maximum absolute atomic E-state index is 16.3. The van der Waals surface area contributed by atoms with Gasteiger partial charge in [-0.25, -0.2) is 4.79 Å². The molecule has 1 saturated heterocycles. The van der Waals surface area contributed by atoms with Crippen LogP contribution in [0.5, 0.6) is 0 Å². The highest BCUT2D eigenvalue weighted by Crippen LogP contribution is 2.98. The number of hydrogen-bond acceptors (Lipinski definition) is 10. The van der Waals surface area contributed by atoms with Crippen molar-refractivity contribution < 1.29 is 47.7 Å². The smallest absolute Gasteiger partial charge is 0.436 e. The van der Waals surface area contributed by atoms with Gasteiger partial charge in [0, 0.05) is 31.1 Å². The Labute approximate surface area is 679 Å². The predicted octanol–water partition coefficient (Wildman–Crippen LogP) is 30.8. The summed E-state index contributed by atoms with van der Waals surface area (Å²) in [4.78, 5) is 78.7.